The van der Waals surface area contributed by atoms with Gasteiger partial charge >= 0.3 is 0 Å². The van der Waals surface area contributed by atoms with Crippen molar-refractivity contribution in [2.75, 3.05) is 6.54 Å². The van der Waals surface area contributed by atoms with Crippen LogP contribution < -0.4 is 0 Å². The van der Waals surface area contributed by atoms with Gasteiger partial charge in [0.05, 0.1) is 5.56 Å². The van der Waals surface area contributed by atoms with E-state index in [1.54, 1.807) is 24.3 Å². The maximum atomic E-state index is 12.5. The molecule has 0 atom stereocenters. The zero-order valence-corrected chi connectivity index (χ0v) is 14.0. The third kappa shape index (κ3) is 2.73. The average Bonchev–Trinajstić information content (AvgIpc) is 2.77. The van der Waals surface area contributed by atoms with Crippen LogP contribution in [0.4, 0.5) is 0 Å². The van der Waals surface area contributed by atoms with Crippen LogP contribution in [-0.4, -0.2) is 31.0 Å². The molecule has 0 spiro atoms. The Bertz CT molecular complexity index is 901. The average molecular weight is 343 g/mol. The normalized spacial score (nSPS) is 15.4. The number of aryl methyl sites for hydroxylation is 1. The summed E-state index contributed by atoms with van der Waals surface area (Å²) in [6, 6.07) is 13.1. The van der Waals surface area contributed by atoms with Crippen molar-refractivity contribution >= 4 is 21.7 Å². The highest BCUT2D eigenvalue weighted by molar-refractivity contribution is 7.90. The van der Waals surface area contributed by atoms with Gasteiger partial charge in [0, 0.05) is 5.56 Å². The maximum Gasteiger partial charge on any atom is 0.269 e. The SMILES string of the molecule is CCCc1ccc(C(=O)CN2C(=O)c3ccccc3S2(=O)=O)cc1. The zero-order valence-electron chi connectivity index (χ0n) is 13.2. The quantitative estimate of drug-likeness (QED) is 0.783. The lowest BCUT2D eigenvalue weighted by Crippen LogP contribution is -2.35. The first-order valence-corrected chi connectivity index (χ1v) is 9.17. The third-order valence-corrected chi connectivity index (χ3v) is 5.80. The number of hydrogen-bond donors (Lipinski definition) is 0. The number of carbonyl (C=O) groups is 2. The number of ketones is 1. The predicted octanol–water partition coefficient (Wildman–Crippen LogP) is 2.67. The van der Waals surface area contributed by atoms with Gasteiger partial charge in [0.15, 0.2) is 5.78 Å². The number of Topliss-reactive ketones (excluding diaryl/α,β-unsaturated/α-hetero) is 1. The van der Waals surface area contributed by atoms with Gasteiger partial charge in [-0.15, -0.1) is 0 Å². The van der Waals surface area contributed by atoms with Crippen LogP contribution in [-0.2, 0) is 16.4 Å². The number of carbonyl (C=O) groups excluding carboxylic acids is 2. The van der Waals surface area contributed by atoms with Gasteiger partial charge in [0.25, 0.3) is 15.9 Å². The van der Waals surface area contributed by atoms with Gasteiger partial charge < -0.3 is 0 Å². The Morgan fingerprint density at radius 1 is 1.04 bits per heavy atom. The standard InChI is InChI=1S/C18H17NO4S/c1-2-5-13-8-10-14(11-9-13)16(20)12-19-18(21)15-6-3-4-7-17(15)24(19,22)23/h3-4,6-11H,2,5,12H2,1H3. The molecule has 0 saturated heterocycles. The number of benzene rings is 2. The Morgan fingerprint density at radius 3 is 2.33 bits per heavy atom. The second-order valence-electron chi connectivity index (χ2n) is 5.68. The van der Waals surface area contributed by atoms with Gasteiger partial charge in [-0.25, -0.2) is 12.7 Å². The monoisotopic (exact) mass is 343 g/mol. The Hall–Kier alpha value is -2.47. The lowest BCUT2D eigenvalue weighted by molar-refractivity contribution is 0.0820. The van der Waals surface area contributed by atoms with Gasteiger partial charge in [-0.1, -0.05) is 49.7 Å². The molecule has 0 unspecified atom stereocenters. The van der Waals surface area contributed by atoms with Crippen molar-refractivity contribution in [3.05, 3.63) is 65.2 Å². The molecule has 0 N–H and O–H groups in total. The highest BCUT2D eigenvalue weighted by Gasteiger charge is 2.41. The van der Waals surface area contributed by atoms with Crippen molar-refractivity contribution < 1.29 is 18.0 Å². The molecule has 0 bridgehead atoms. The number of nitrogens with zero attached hydrogens (tertiary/aromatic N) is 1. The van der Waals surface area contributed by atoms with Crippen LogP contribution in [0.5, 0.6) is 0 Å². The lowest BCUT2D eigenvalue weighted by atomic mass is 10.1. The van der Waals surface area contributed by atoms with Crippen LogP contribution in [0.15, 0.2) is 53.4 Å². The van der Waals surface area contributed by atoms with E-state index in [0.29, 0.717) is 9.87 Å². The predicted molar refractivity (Wildman–Crippen MR) is 89.4 cm³/mol. The zero-order chi connectivity index (χ0) is 17.3. The van der Waals surface area contributed by atoms with Crippen LogP contribution in [0.3, 0.4) is 0 Å². The van der Waals surface area contributed by atoms with Crippen LogP contribution >= 0.6 is 0 Å². The number of rotatable bonds is 5. The van der Waals surface area contributed by atoms with Crippen molar-refractivity contribution in [2.45, 2.75) is 24.7 Å². The molecule has 1 aliphatic rings. The van der Waals surface area contributed by atoms with Crippen molar-refractivity contribution in [3.63, 3.8) is 0 Å². The van der Waals surface area contributed by atoms with E-state index < -0.39 is 28.3 Å². The summed E-state index contributed by atoms with van der Waals surface area (Å²) in [4.78, 5) is 24.7. The summed E-state index contributed by atoms with van der Waals surface area (Å²) in [7, 11) is -3.95. The molecule has 0 radical (unpaired) electrons. The Kier molecular flexibility index (Phi) is 4.24. The smallest absolute Gasteiger partial charge is 0.269 e. The highest BCUT2D eigenvalue weighted by atomic mass is 32.2. The molecule has 0 aliphatic carbocycles. The Balaban J connectivity index is 1.84. The fraction of sp³-hybridized carbons (Fsp3) is 0.222. The molecule has 1 heterocycles. The second-order valence-corrected chi connectivity index (χ2v) is 7.51. The summed E-state index contributed by atoms with van der Waals surface area (Å²) in [5, 5.41) is 0. The molecule has 2 aromatic carbocycles. The van der Waals surface area contributed by atoms with E-state index >= 15 is 0 Å². The van der Waals surface area contributed by atoms with Crippen LogP contribution in [0.1, 0.15) is 39.6 Å². The molecule has 2 aromatic rings. The first kappa shape index (κ1) is 16.4. The van der Waals surface area contributed by atoms with E-state index in [9.17, 15) is 18.0 Å². The lowest BCUT2D eigenvalue weighted by Gasteiger charge is -2.14. The number of sulfonamides is 1. The van der Waals surface area contributed by atoms with Crippen molar-refractivity contribution in [2.24, 2.45) is 0 Å². The molecule has 0 saturated carbocycles. The second kappa shape index (κ2) is 6.20. The van der Waals surface area contributed by atoms with Crippen molar-refractivity contribution in [1.29, 1.82) is 0 Å². The number of hydrogen-bond acceptors (Lipinski definition) is 4. The molecule has 24 heavy (non-hydrogen) atoms. The van der Waals surface area contributed by atoms with Crippen LogP contribution in [0.25, 0.3) is 0 Å². The summed E-state index contributed by atoms with van der Waals surface area (Å²) >= 11 is 0. The molecule has 0 fully saturated rings. The largest absolute Gasteiger partial charge is 0.292 e. The van der Waals surface area contributed by atoms with Crippen molar-refractivity contribution in [3.8, 4) is 0 Å². The van der Waals surface area contributed by atoms with E-state index in [-0.39, 0.29) is 10.5 Å². The molecule has 5 nitrogen and oxygen atoms in total. The molecule has 3 rings (SSSR count). The Morgan fingerprint density at radius 2 is 1.71 bits per heavy atom. The molecule has 0 aromatic heterocycles. The first-order valence-electron chi connectivity index (χ1n) is 7.73. The van der Waals surface area contributed by atoms with Gasteiger partial charge in [-0.05, 0) is 24.1 Å². The van der Waals surface area contributed by atoms with E-state index in [2.05, 4.69) is 6.92 Å². The molecule has 6 heteroatoms. The molecule has 1 amide bonds. The summed E-state index contributed by atoms with van der Waals surface area (Å²) in [5.74, 6) is -1.05. The molecule has 1 aliphatic heterocycles. The fourth-order valence-electron chi connectivity index (χ4n) is 2.75. The number of fused-ring (bicyclic) bond motifs is 1. The summed E-state index contributed by atoms with van der Waals surface area (Å²) in [5.41, 5.74) is 1.63. The van der Waals surface area contributed by atoms with E-state index in [0.717, 1.165) is 18.4 Å². The fourth-order valence-corrected chi connectivity index (χ4v) is 4.28. The third-order valence-electron chi connectivity index (χ3n) is 4.01. The van der Waals surface area contributed by atoms with E-state index in [1.807, 2.05) is 12.1 Å². The summed E-state index contributed by atoms with van der Waals surface area (Å²) in [6.45, 7) is 1.59. The molecular formula is C18H17NO4S. The first-order chi connectivity index (χ1) is 11.4. The van der Waals surface area contributed by atoms with Gasteiger partial charge in [-0.3, -0.25) is 9.59 Å². The van der Waals surface area contributed by atoms with E-state index in [4.69, 9.17) is 0 Å². The molecular weight excluding hydrogens is 326 g/mol. The topological polar surface area (TPSA) is 71.5 Å². The Labute approximate surface area is 141 Å². The van der Waals surface area contributed by atoms with Crippen LogP contribution in [0, 0.1) is 0 Å². The van der Waals surface area contributed by atoms with Crippen LogP contribution in [0.2, 0.25) is 0 Å². The van der Waals surface area contributed by atoms with Gasteiger partial charge in [0.1, 0.15) is 11.4 Å². The van der Waals surface area contributed by atoms with E-state index in [1.165, 1.54) is 12.1 Å². The minimum Gasteiger partial charge on any atom is -0.292 e. The molecule has 124 valence electrons. The summed E-state index contributed by atoms with van der Waals surface area (Å²) in [6.07, 6.45) is 1.93. The minimum absolute atomic E-state index is 0.0407. The van der Waals surface area contributed by atoms with Crippen molar-refractivity contribution in [1.82, 2.24) is 4.31 Å². The highest BCUT2D eigenvalue weighted by Crippen LogP contribution is 2.29. The number of amides is 1. The maximum absolute atomic E-state index is 12.5. The van der Waals surface area contributed by atoms with Gasteiger partial charge in [-0.2, -0.15) is 0 Å². The minimum atomic E-state index is -3.95. The van der Waals surface area contributed by atoms with Gasteiger partial charge in [0.2, 0.25) is 0 Å². The summed E-state index contributed by atoms with van der Waals surface area (Å²) < 4.78 is 25.6.